The molecule has 7 heteroatoms. The lowest BCUT2D eigenvalue weighted by atomic mass is 10.1. The Kier molecular flexibility index (Phi) is 5.54. The number of methoxy groups -OCH3 is 1. The molecule has 1 heterocycles. The minimum Gasteiger partial charge on any atom is -0.493 e. The molecule has 0 atom stereocenters. The molecular weight excluding hydrogens is 374 g/mol. The second-order valence-corrected chi connectivity index (χ2v) is 6.74. The van der Waals surface area contributed by atoms with E-state index in [2.05, 4.69) is 0 Å². The number of hydrogen-bond donors (Lipinski definition) is 0. The van der Waals surface area contributed by atoms with Crippen LogP contribution in [0, 0.1) is 0 Å². The summed E-state index contributed by atoms with van der Waals surface area (Å²) in [5, 5.41) is 0.0846. The molecule has 0 radical (unpaired) electrons. The molecular formula is C19H16ClNO4S. The number of carbonyl (C=O) groups excluding carboxylic acids is 2. The molecule has 2 aromatic rings. The van der Waals surface area contributed by atoms with Gasteiger partial charge in [0.15, 0.2) is 11.5 Å². The highest BCUT2D eigenvalue weighted by Gasteiger charge is 2.36. The number of nitrogens with zero attached hydrogens (tertiary/aromatic N) is 1. The smallest absolute Gasteiger partial charge is 0.298 e. The van der Waals surface area contributed by atoms with E-state index in [9.17, 15) is 9.59 Å². The van der Waals surface area contributed by atoms with Gasteiger partial charge in [-0.05, 0) is 49.0 Å². The van der Waals surface area contributed by atoms with Gasteiger partial charge in [0.2, 0.25) is 0 Å². The van der Waals surface area contributed by atoms with Crippen molar-refractivity contribution in [2.75, 3.05) is 18.6 Å². The van der Waals surface area contributed by atoms with Gasteiger partial charge in [-0.2, -0.15) is 0 Å². The van der Waals surface area contributed by atoms with Crippen molar-refractivity contribution in [1.29, 1.82) is 0 Å². The molecule has 26 heavy (non-hydrogen) atoms. The lowest BCUT2D eigenvalue weighted by Crippen LogP contribution is -2.27. The maximum atomic E-state index is 12.8. The Hall–Kier alpha value is -2.44. The molecule has 1 aliphatic heterocycles. The molecule has 1 saturated heterocycles. The number of carbonyl (C=O) groups is 2. The predicted molar refractivity (Wildman–Crippen MR) is 104 cm³/mol. The molecule has 1 aliphatic rings. The molecule has 0 bridgehead atoms. The zero-order valence-electron chi connectivity index (χ0n) is 14.2. The fourth-order valence-corrected chi connectivity index (χ4v) is 3.57. The van der Waals surface area contributed by atoms with Gasteiger partial charge in [0.1, 0.15) is 0 Å². The fraction of sp³-hybridized carbons (Fsp3) is 0.158. The fourth-order valence-electron chi connectivity index (χ4n) is 2.55. The first-order chi connectivity index (χ1) is 12.5. The van der Waals surface area contributed by atoms with E-state index >= 15 is 0 Å². The maximum absolute atomic E-state index is 12.8. The molecule has 5 nitrogen and oxygen atoms in total. The third-order valence-corrected chi connectivity index (χ3v) is 4.77. The van der Waals surface area contributed by atoms with E-state index in [-0.39, 0.29) is 5.24 Å². The summed E-state index contributed by atoms with van der Waals surface area (Å²) in [5.74, 6) is 0.703. The lowest BCUT2D eigenvalue weighted by Gasteiger charge is -2.13. The Morgan fingerprint density at radius 3 is 2.65 bits per heavy atom. The van der Waals surface area contributed by atoms with E-state index in [1.54, 1.807) is 55.7 Å². The molecule has 1 fully saturated rings. The van der Waals surface area contributed by atoms with Gasteiger partial charge in [0.05, 0.1) is 24.3 Å². The molecule has 0 aliphatic carbocycles. The van der Waals surface area contributed by atoms with Crippen molar-refractivity contribution >= 4 is 46.3 Å². The second-order valence-electron chi connectivity index (χ2n) is 5.31. The summed E-state index contributed by atoms with van der Waals surface area (Å²) < 4.78 is 11.0. The standard InChI is InChI=1S/C19H16ClNO4S/c1-3-25-17-12(6-4-9-15(17)24-2)10-16-18(22)21(19(23)26-16)14-8-5-7-13(20)11-14/h4-11H,3H2,1-2H3/b16-10-. The van der Waals surface area contributed by atoms with Crippen molar-refractivity contribution in [2.24, 2.45) is 0 Å². The number of thioether (sulfide) groups is 1. The molecule has 0 unspecified atom stereocenters. The first-order valence-electron chi connectivity index (χ1n) is 7.88. The third-order valence-electron chi connectivity index (χ3n) is 3.66. The predicted octanol–water partition coefficient (Wildman–Crippen LogP) is 4.99. The largest absolute Gasteiger partial charge is 0.493 e. The summed E-state index contributed by atoms with van der Waals surface area (Å²) in [6.07, 6.45) is 1.64. The van der Waals surface area contributed by atoms with Crippen LogP contribution in [0.25, 0.3) is 6.08 Å². The van der Waals surface area contributed by atoms with E-state index in [1.165, 1.54) is 0 Å². The zero-order valence-corrected chi connectivity index (χ0v) is 15.8. The number of amides is 2. The van der Waals surface area contributed by atoms with Crippen LogP contribution >= 0.6 is 23.4 Å². The van der Waals surface area contributed by atoms with E-state index < -0.39 is 5.91 Å². The number of anilines is 1. The van der Waals surface area contributed by atoms with Crippen LogP contribution in [0.2, 0.25) is 5.02 Å². The lowest BCUT2D eigenvalue weighted by molar-refractivity contribution is -0.113. The van der Waals surface area contributed by atoms with Gasteiger partial charge in [-0.15, -0.1) is 0 Å². The maximum Gasteiger partial charge on any atom is 0.298 e. The van der Waals surface area contributed by atoms with Crippen LogP contribution in [0.4, 0.5) is 10.5 Å². The number of rotatable bonds is 5. The number of imide groups is 1. The van der Waals surface area contributed by atoms with E-state index in [0.717, 1.165) is 16.7 Å². The zero-order chi connectivity index (χ0) is 18.7. The van der Waals surface area contributed by atoms with Crippen molar-refractivity contribution in [1.82, 2.24) is 0 Å². The summed E-state index contributed by atoms with van der Waals surface area (Å²) in [6.45, 7) is 2.31. The van der Waals surface area contributed by atoms with Crippen LogP contribution in [0.5, 0.6) is 11.5 Å². The van der Waals surface area contributed by atoms with E-state index in [4.69, 9.17) is 21.1 Å². The van der Waals surface area contributed by atoms with Crippen LogP contribution in [-0.2, 0) is 4.79 Å². The molecule has 0 spiro atoms. The summed E-state index contributed by atoms with van der Waals surface area (Å²) >= 11 is 6.85. The van der Waals surface area contributed by atoms with Crippen LogP contribution in [0.1, 0.15) is 12.5 Å². The van der Waals surface area contributed by atoms with Crippen LogP contribution in [0.15, 0.2) is 47.4 Å². The number of benzene rings is 2. The topological polar surface area (TPSA) is 55.8 Å². The SMILES string of the molecule is CCOc1c(/C=C2\SC(=O)N(c3cccc(Cl)c3)C2=O)cccc1OC. The monoisotopic (exact) mass is 389 g/mol. The van der Waals surface area contributed by atoms with Gasteiger partial charge >= 0.3 is 0 Å². The highest BCUT2D eigenvalue weighted by atomic mass is 35.5. The quantitative estimate of drug-likeness (QED) is 0.674. The highest BCUT2D eigenvalue weighted by Crippen LogP contribution is 2.39. The molecule has 2 amide bonds. The number of hydrogen-bond acceptors (Lipinski definition) is 5. The van der Waals surface area contributed by atoms with Crippen molar-refractivity contribution < 1.29 is 19.1 Å². The van der Waals surface area contributed by atoms with Crippen molar-refractivity contribution in [3.8, 4) is 11.5 Å². The summed E-state index contributed by atoms with van der Waals surface area (Å²) in [4.78, 5) is 26.5. The average Bonchev–Trinajstić information content (AvgIpc) is 2.90. The second kappa shape index (κ2) is 7.85. The van der Waals surface area contributed by atoms with Gasteiger partial charge in [-0.1, -0.05) is 29.8 Å². The molecule has 0 saturated carbocycles. The summed E-state index contributed by atoms with van der Waals surface area (Å²) in [5.41, 5.74) is 1.11. The van der Waals surface area contributed by atoms with Crippen LogP contribution in [-0.4, -0.2) is 24.9 Å². The van der Waals surface area contributed by atoms with Gasteiger partial charge in [-0.3, -0.25) is 9.59 Å². The van der Waals surface area contributed by atoms with Gasteiger partial charge in [0.25, 0.3) is 11.1 Å². The first-order valence-corrected chi connectivity index (χ1v) is 9.08. The Morgan fingerprint density at radius 1 is 1.19 bits per heavy atom. The van der Waals surface area contributed by atoms with Crippen molar-refractivity contribution in [3.05, 3.63) is 58.0 Å². The van der Waals surface area contributed by atoms with E-state index in [1.807, 2.05) is 6.92 Å². The number of para-hydroxylation sites is 1. The first kappa shape index (κ1) is 18.4. The van der Waals surface area contributed by atoms with E-state index in [0.29, 0.717) is 39.3 Å². The Labute approximate surface area is 160 Å². The summed E-state index contributed by atoms with van der Waals surface area (Å²) in [7, 11) is 1.55. The highest BCUT2D eigenvalue weighted by molar-refractivity contribution is 8.19. The molecule has 2 aromatic carbocycles. The van der Waals surface area contributed by atoms with Crippen molar-refractivity contribution in [2.45, 2.75) is 6.92 Å². The number of ether oxygens (including phenoxy) is 2. The van der Waals surface area contributed by atoms with Crippen molar-refractivity contribution in [3.63, 3.8) is 0 Å². The minimum absolute atomic E-state index is 0.309. The van der Waals surface area contributed by atoms with Crippen LogP contribution < -0.4 is 14.4 Å². The minimum atomic E-state index is -0.396. The normalized spacial score (nSPS) is 15.7. The Balaban J connectivity index is 1.99. The Morgan fingerprint density at radius 2 is 1.96 bits per heavy atom. The number of halogens is 1. The Bertz CT molecular complexity index is 897. The molecule has 0 aromatic heterocycles. The summed E-state index contributed by atoms with van der Waals surface area (Å²) in [6, 6.07) is 12.0. The average molecular weight is 390 g/mol. The van der Waals surface area contributed by atoms with Crippen LogP contribution in [0.3, 0.4) is 0 Å². The van der Waals surface area contributed by atoms with Gasteiger partial charge in [0, 0.05) is 10.6 Å². The molecule has 0 N–H and O–H groups in total. The molecule has 134 valence electrons. The van der Waals surface area contributed by atoms with Gasteiger partial charge < -0.3 is 9.47 Å². The third kappa shape index (κ3) is 3.57. The molecule has 3 rings (SSSR count). The van der Waals surface area contributed by atoms with Gasteiger partial charge in [-0.25, -0.2) is 4.90 Å².